The van der Waals surface area contributed by atoms with Gasteiger partial charge in [-0.25, -0.2) is 4.98 Å². The van der Waals surface area contributed by atoms with Gasteiger partial charge in [-0.05, 0) is 31.2 Å². The molecule has 0 aliphatic heterocycles. The minimum absolute atomic E-state index is 0.517. The van der Waals surface area contributed by atoms with Crippen LogP contribution in [0.25, 0.3) is 22.4 Å². The van der Waals surface area contributed by atoms with Gasteiger partial charge in [-0.15, -0.1) is 0 Å². The van der Waals surface area contributed by atoms with Gasteiger partial charge in [0.25, 0.3) is 0 Å². The minimum atomic E-state index is 0.517. The molecule has 0 saturated heterocycles. The summed E-state index contributed by atoms with van der Waals surface area (Å²) >= 11 is 6.18. The van der Waals surface area contributed by atoms with Gasteiger partial charge in [0, 0.05) is 5.56 Å². The van der Waals surface area contributed by atoms with Crippen LogP contribution in [0.4, 0.5) is 0 Å². The van der Waals surface area contributed by atoms with Crippen molar-refractivity contribution in [2.45, 2.75) is 13.5 Å². The normalized spacial score (nSPS) is 11.0. The van der Waals surface area contributed by atoms with Gasteiger partial charge in [-0.1, -0.05) is 65.7 Å². The van der Waals surface area contributed by atoms with Gasteiger partial charge in [0.1, 0.15) is 18.2 Å². The molecule has 4 rings (SSSR count). The Hall–Kier alpha value is -2.78. The molecule has 0 atom stereocenters. The maximum atomic E-state index is 6.18. The van der Waals surface area contributed by atoms with Crippen molar-refractivity contribution in [2.24, 2.45) is 0 Å². The van der Waals surface area contributed by atoms with Crippen molar-refractivity contribution in [3.8, 4) is 17.1 Å². The number of halogens is 1. The lowest BCUT2D eigenvalue weighted by molar-refractivity contribution is 0.301. The third-order valence-corrected chi connectivity index (χ3v) is 4.69. The molecule has 26 heavy (non-hydrogen) atoms. The number of aryl methyl sites for hydroxylation is 1. The maximum absolute atomic E-state index is 6.18. The number of rotatable bonds is 5. The number of nitrogens with zero attached hydrogens (tertiary/aromatic N) is 2. The highest BCUT2D eigenvalue weighted by Gasteiger charge is 2.12. The first kappa shape index (κ1) is 16.7. The monoisotopic (exact) mass is 362 g/mol. The second-order valence-corrected chi connectivity index (χ2v) is 6.63. The van der Waals surface area contributed by atoms with Crippen molar-refractivity contribution >= 4 is 22.6 Å². The van der Waals surface area contributed by atoms with Gasteiger partial charge < -0.3 is 9.30 Å². The van der Waals surface area contributed by atoms with Crippen molar-refractivity contribution in [3.05, 3.63) is 83.4 Å². The van der Waals surface area contributed by atoms with E-state index >= 15 is 0 Å². The van der Waals surface area contributed by atoms with Gasteiger partial charge in [0.05, 0.1) is 22.6 Å². The molecule has 0 unspecified atom stereocenters. The molecule has 0 aliphatic rings. The first-order valence-electron chi connectivity index (χ1n) is 8.62. The molecule has 130 valence electrons. The van der Waals surface area contributed by atoms with Crippen LogP contribution in [0.2, 0.25) is 5.02 Å². The zero-order valence-corrected chi connectivity index (χ0v) is 15.3. The number of fused-ring (bicyclic) bond motifs is 1. The Bertz CT molecular complexity index is 1040. The second kappa shape index (κ2) is 7.22. The highest BCUT2D eigenvalue weighted by atomic mass is 35.5. The topological polar surface area (TPSA) is 27.1 Å². The third kappa shape index (κ3) is 3.31. The average Bonchev–Trinajstić information content (AvgIpc) is 3.03. The van der Waals surface area contributed by atoms with Crippen molar-refractivity contribution in [1.29, 1.82) is 0 Å². The van der Waals surface area contributed by atoms with Crippen LogP contribution < -0.4 is 4.74 Å². The van der Waals surface area contributed by atoms with Crippen LogP contribution in [0.3, 0.4) is 0 Å². The van der Waals surface area contributed by atoms with Crippen LogP contribution in [0.5, 0.6) is 5.75 Å². The molecule has 0 aliphatic carbocycles. The van der Waals surface area contributed by atoms with Crippen LogP contribution in [0, 0.1) is 6.92 Å². The summed E-state index contributed by atoms with van der Waals surface area (Å²) in [5.74, 6) is 1.66. The Labute approximate surface area is 157 Å². The number of benzene rings is 3. The summed E-state index contributed by atoms with van der Waals surface area (Å²) in [5, 5.41) is 0.627. The molecule has 0 radical (unpaired) electrons. The lowest BCUT2D eigenvalue weighted by Gasteiger charge is -2.12. The van der Waals surface area contributed by atoms with E-state index in [9.17, 15) is 0 Å². The van der Waals surface area contributed by atoms with Gasteiger partial charge in [-0.2, -0.15) is 0 Å². The zero-order valence-electron chi connectivity index (χ0n) is 14.5. The van der Waals surface area contributed by atoms with Gasteiger partial charge >= 0.3 is 0 Å². The summed E-state index contributed by atoms with van der Waals surface area (Å²) in [6.07, 6.45) is 0. The molecule has 4 aromatic rings. The summed E-state index contributed by atoms with van der Waals surface area (Å²) in [6, 6.07) is 24.2. The summed E-state index contributed by atoms with van der Waals surface area (Å²) < 4.78 is 8.09. The van der Waals surface area contributed by atoms with E-state index in [1.54, 1.807) is 0 Å². The Morgan fingerprint density at radius 3 is 2.46 bits per heavy atom. The lowest BCUT2D eigenvalue weighted by atomic mass is 10.1. The smallest absolute Gasteiger partial charge is 0.141 e. The second-order valence-electron chi connectivity index (χ2n) is 6.22. The van der Waals surface area contributed by atoms with Gasteiger partial charge in [0.15, 0.2) is 0 Å². The number of hydrogen-bond donors (Lipinski definition) is 0. The van der Waals surface area contributed by atoms with E-state index in [1.807, 2.05) is 42.5 Å². The van der Waals surface area contributed by atoms with Gasteiger partial charge in [-0.3, -0.25) is 0 Å². The fourth-order valence-corrected chi connectivity index (χ4v) is 3.22. The molecule has 0 fully saturated rings. The van der Waals surface area contributed by atoms with Gasteiger partial charge in [0.2, 0.25) is 0 Å². The number of hydrogen-bond acceptors (Lipinski definition) is 2. The van der Waals surface area contributed by atoms with E-state index in [2.05, 4.69) is 41.8 Å². The number of ether oxygens (including phenoxy) is 1. The highest BCUT2D eigenvalue weighted by Crippen LogP contribution is 2.26. The predicted molar refractivity (Wildman–Crippen MR) is 107 cm³/mol. The molecule has 4 heteroatoms. The Balaban J connectivity index is 1.65. The van der Waals surface area contributed by atoms with E-state index in [-0.39, 0.29) is 0 Å². The van der Waals surface area contributed by atoms with Crippen LogP contribution in [-0.4, -0.2) is 16.2 Å². The van der Waals surface area contributed by atoms with Crippen LogP contribution in [0.1, 0.15) is 5.56 Å². The van der Waals surface area contributed by atoms with E-state index in [0.717, 1.165) is 22.4 Å². The molecular weight excluding hydrogens is 344 g/mol. The van der Waals surface area contributed by atoms with E-state index in [1.165, 1.54) is 5.56 Å². The van der Waals surface area contributed by atoms with E-state index in [4.69, 9.17) is 21.3 Å². The molecule has 0 amide bonds. The largest absolute Gasteiger partial charge is 0.490 e. The standard InChI is InChI=1S/C22H19ClN2O/c1-16-10-12-17(13-11-16)22-24-19-7-3-4-8-20(19)25(22)14-15-26-21-9-5-2-6-18(21)23/h2-13H,14-15H2,1H3. The van der Waals surface area contributed by atoms with Crippen molar-refractivity contribution < 1.29 is 4.74 Å². The van der Waals surface area contributed by atoms with Crippen molar-refractivity contribution in [3.63, 3.8) is 0 Å². The first-order valence-corrected chi connectivity index (χ1v) is 9.00. The molecule has 0 spiro atoms. The summed E-state index contributed by atoms with van der Waals surface area (Å²) in [6.45, 7) is 3.29. The molecule has 0 saturated carbocycles. The molecule has 0 bridgehead atoms. The molecule has 3 aromatic carbocycles. The van der Waals surface area contributed by atoms with Crippen molar-refractivity contribution in [1.82, 2.24) is 9.55 Å². The molecule has 1 heterocycles. The molecular formula is C22H19ClN2O. The van der Waals surface area contributed by atoms with E-state index < -0.39 is 0 Å². The summed E-state index contributed by atoms with van der Waals surface area (Å²) in [5.41, 5.74) is 4.43. The zero-order chi connectivity index (χ0) is 17.9. The van der Waals surface area contributed by atoms with Crippen LogP contribution in [0.15, 0.2) is 72.8 Å². The Morgan fingerprint density at radius 1 is 0.923 bits per heavy atom. The quantitative estimate of drug-likeness (QED) is 0.452. The van der Waals surface area contributed by atoms with Crippen molar-refractivity contribution in [2.75, 3.05) is 6.61 Å². The SMILES string of the molecule is Cc1ccc(-c2nc3ccccc3n2CCOc2ccccc2Cl)cc1. The minimum Gasteiger partial charge on any atom is -0.490 e. The van der Waals surface area contributed by atoms with Crippen LogP contribution in [-0.2, 0) is 6.54 Å². The van der Waals surface area contributed by atoms with Crippen LogP contribution >= 0.6 is 11.6 Å². The predicted octanol–water partition coefficient (Wildman–Crippen LogP) is 5.74. The maximum Gasteiger partial charge on any atom is 0.141 e. The molecule has 0 N–H and O–H groups in total. The third-order valence-electron chi connectivity index (χ3n) is 4.37. The average molecular weight is 363 g/mol. The highest BCUT2D eigenvalue weighted by molar-refractivity contribution is 6.32. The molecule has 1 aromatic heterocycles. The number of aromatic nitrogens is 2. The number of imidazole rings is 1. The summed E-state index contributed by atoms with van der Waals surface area (Å²) in [4.78, 5) is 4.84. The fourth-order valence-electron chi connectivity index (χ4n) is 3.03. The van der Waals surface area contributed by atoms with E-state index in [0.29, 0.717) is 23.9 Å². The fraction of sp³-hybridized carbons (Fsp3) is 0.136. The first-order chi connectivity index (χ1) is 12.7. The lowest BCUT2D eigenvalue weighted by Crippen LogP contribution is -2.09. The molecule has 3 nitrogen and oxygen atoms in total. The Kier molecular flexibility index (Phi) is 4.63. The Morgan fingerprint density at radius 2 is 1.65 bits per heavy atom. The number of para-hydroxylation sites is 3. The summed E-state index contributed by atoms with van der Waals surface area (Å²) in [7, 11) is 0.